The van der Waals surface area contributed by atoms with E-state index < -0.39 is 0 Å². The molecular formula is C20H23NO2. The van der Waals surface area contributed by atoms with Crippen molar-refractivity contribution in [2.24, 2.45) is 0 Å². The first kappa shape index (κ1) is 16.9. The molecule has 0 aromatic heterocycles. The first-order valence-corrected chi connectivity index (χ1v) is 7.68. The molecule has 0 bridgehead atoms. The van der Waals surface area contributed by atoms with E-state index in [-0.39, 0.29) is 5.92 Å². The topological polar surface area (TPSA) is 42.2 Å². The molecule has 3 nitrogen and oxygen atoms in total. The summed E-state index contributed by atoms with van der Waals surface area (Å²) in [6, 6.07) is 12.5. The molecule has 1 atom stereocenters. The maximum Gasteiger partial charge on any atom is 0.161 e. The fourth-order valence-corrected chi connectivity index (χ4v) is 3.04. The lowest BCUT2D eigenvalue weighted by molar-refractivity contribution is 0.354. The van der Waals surface area contributed by atoms with Gasteiger partial charge in [-0.15, -0.1) is 0 Å². The van der Waals surface area contributed by atoms with Crippen LogP contribution in [0.5, 0.6) is 11.5 Å². The number of hydrogen-bond acceptors (Lipinski definition) is 3. The number of nitrogens with zero attached hydrogens (tertiary/aromatic N) is 1. The Kier molecular flexibility index (Phi) is 5.28. The Morgan fingerprint density at radius 2 is 1.57 bits per heavy atom. The molecular weight excluding hydrogens is 286 g/mol. The summed E-state index contributed by atoms with van der Waals surface area (Å²) in [4.78, 5) is 0. The third-order valence-corrected chi connectivity index (χ3v) is 4.21. The minimum atomic E-state index is -0.213. The standard InChI is InChI=1S/C20H23NO2/c1-13-8-14(2)18(15(3)9-13)10-17(12-21)16-6-7-19(22-4)20(11-16)23-5/h6-9,11,17H,10H2,1-5H3. The Morgan fingerprint density at radius 1 is 0.957 bits per heavy atom. The van der Waals surface area contributed by atoms with Gasteiger partial charge >= 0.3 is 0 Å². The van der Waals surface area contributed by atoms with Crippen LogP contribution in [0.4, 0.5) is 0 Å². The second-order valence-electron chi connectivity index (χ2n) is 5.88. The Bertz CT molecular complexity index is 721. The van der Waals surface area contributed by atoms with E-state index in [1.807, 2.05) is 18.2 Å². The first-order chi connectivity index (χ1) is 11.0. The van der Waals surface area contributed by atoms with E-state index in [0.29, 0.717) is 17.9 Å². The number of rotatable bonds is 5. The van der Waals surface area contributed by atoms with Crippen LogP contribution in [0.3, 0.4) is 0 Å². The molecule has 2 rings (SSSR count). The largest absolute Gasteiger partial charge is 0.493 e. The van der Waals surface area contributed by atoms with Gasteiger partial charge in [0.1, 0.15) is 0 Å². The van der Waals surface area contributed by atoms with Crippen molar-refractivity contribution in [2.75, 3.05) is 14.2 Å². The number of nitriles is 1. The zero-order valence-electron chi connectivity index (χ0n) is 14.4. The minimum absolute atomic E-state index is 0.213. The summed E-state index contributed by atoms with van der Waals surface area (Å²) in [6.07, 6.45) is 0.698. The summed E-state index contributed by atoms with van der Waals surface area (Å²) in [5.41, 5.74) is 5.93. The van der Waals surface area contributed by atoms with Gasteiger partial charge in [-0.1, -0.05) is 23.8 Å². The molecule has 0 aliphatic carbocycles. The van der Waals surface area contributed by atoms with Crippen LogP contribution in [0.2, 0.25) is 0 Å². The van der Waals surface area contributed by atoms with Gasteiger partial charge in [-0.05, 0) is 61.6 Å². The maximum atomic E-state index is 9.65. The van der Waals surface area contributed by atoms with Gasteiger partial charge < -0.3 is 9.47 Å². The highest BCUT2D eigenvalue weighted by molar-refractivity contribution is 5.46. The van der Waals surface area contributed by atoms with Crippen molar-refractivity contribution in [3.63, 3.8) is 0 Å². The van der Waals surface area contributed by atoms with Crippen LogP contribution in [0.15, 0.2) is 30.3 Å². The SMILES string of the molecule is COc1ccc(C(C#N)Cc2c(C)cc(C)cc2C)cc1OC. The van der Waals surface area contributed by atoms with E-state index in [0.717, 1.165) is 5.56 Å². The molecule has 0 aliphatic heterocycles. The highest BCUT2D eigenvalue weighted by Gasteiger charge is 2.17. The highest BCUT2D eigenvalue weighted by atomic mass is 16.5. The molecule has 0 saturated carbocycles. The first-order valence-electron chi connectivity index (χ1n) is 7.68. The molecule has 0 N–H and O–H groups in total. The predicted molar refractivity (Wildman–Crippen MR) is 92.3 cm³/mol. The third-order valence-electron chi connectivity index (χ3n) is 4.21. The average Bonchev–Trinajstić information content (AvgIpc) is 2.53. The lowest BCUT2D eigenvalue weighted by atomic mass is 9.88. The fraction of sp³-hybridized carbons (Fsp3) is 0.350. The summed E-state index contributed by atoms with van der Waals surface area (Å²) in [6.45, 7) is 6.32. The summed E-state index contributed by atoms with van der Waals surface area (Å²) >= 11 is 0. The van der Waals surface area contributed by atoms with Crippen LogP contribution in [0.25, 0.3) is 0 Å². The molecule has 120 valence electrons. The van der Waals surface area contributed by atoms with Crippen LogP contribution in [0, 0.1) is 32.1 Å². The molecule has 0 amide bonds. The van der Waals surface area contributed by atoms with Crippen molar-refractivity contribution in [1.29, 1.82) is 5.26 Å². The van der Waals surface area contributed by atoms with Crippen LogP contribution in [-0.2, 0) is 6.42 Å². The van der Waals surface area contributed by atoms with E-state index in [2.05, 4.69) is 39.0 Å². The van der Waals surface area contributed by atoms with Gasteiger partial charge in [0.2, 0.25) is 0 Å². The Balaban J connectivity index is 2.37. The van der Waals surface area contributed by atoms with Gasteiger partial charge in [0.15, 0.2) is 11.5 Å². The molecule has 2 aromatic carbocycles. The van der Waals surface area contributed by atoms with E-state index in [1.54, 1.807) is 14.2 Å². The summed E-state index contributed by atoms with van der Waals surface area (Å²) in [7, 11) is 3.22. The predicted octanol–water partition coefficient (Wildman–Crippen LogP) is 4.48. The lowest BCUT2D eigenvalue weighted by Crippen LogP contribution is -2.05. The smallest absolute Gasteiger partial charge is 0.161 e. The van der Waals surface area contributed by atoms with Crippen molar-refractivity contribution < 1.29 is 9.47 Å². The van der Waals surface area contributed by atoms with Gasteiger partial charge in [-0.2, -0.15) is 5.26 Å². The molecule has 2 aromatic rings. The second-order valence-corrected chi connectivity index (χ2v) is 5.88. The Morgan fingerprint density at radius 3 is 2.09 bits per heavy atom. The van der Waals surface area contributed by atoms with E-state index >= 15 is 0 Å². The van der Waals surface area contributed by atoms with Crippen molar-refractivity contribution in [3.05, 3.63) is 58.1 Å². The molecule has 0 fully saturated rings. The highest BCUT2D eigenvalue weighted by Crippen LogP contribution is 2.32. The van der Waals surface area contributed by atoms with Crippen molar-refractivity contribution in [2.45, 2.75) is 33.1 Å². The van der Waals surface area contributed by atoms with Crippen LogP contribution >= 0.6 is 0 Å². The average molecular weight is 309 g/mol. The van der Waals surface area contributed by atoms with E-state index in [9.17, 15) is 5.26 Å². The third kappa shape index (κ3) is 3.65. The van der Waals surface area contributed by atoms with E-state index in [1.165, 1.54) is 22.3 Å². The van der Waals surface area contributed by atoms with Gasteiger partial charge in [0.05, 0.1) is 26.2 Å². The summed E-state index contributed by atoms with van der Waals surface area (Å²) in [5, 5.41) is 9.65. The molecule has 1 unspecified atom stereocenters. The zero-order valence-corrected chi connectivity index (χ0v) is 14.4. The van der Waals surface area contributed by atoms with Crippen LogP contribution in [-0.4, -0.2) is 14.2 Å². The molecule has 23 heavy (non-hydrogen) atoms. The minimum Gasteiger partial charge on any atom is -0.493 e. The Hall–Kier alpha value is -2.47. The molecule has 3 heteroatoms. The van der Waals surface area contributed by atoms with Gasteiger partial charge in [0.25, 0.3) is 0 Å². The number of aryl methyl sites for hydroxylation is 3. The lowest BCUT2D eigenvalue weighted by Gasteiger charge is -2.16. The van der Waals surface area contributed by atoms with E-state index in [4.69, 9.17) is 9.47 Å². The molecule has 0 spiro atoms. The van der Waals surface area contributed by atoms with Crippen molar-refractivity contribution in [3.8, 4) is 17.6 Å². The normalized spacial score (nSPS) is 11.7. The summed E-state index contributed by atoms with van der Waals surface area (Å²) in [5.74, 6) is 1.12. The van der Waals surface area contributed by atoms with Crippen molar-refractivity contribution in [1.82, 2.24) is 0 Å². The van der Waals surface area contributed by atoms with Crippen molar-refractivity contribution >= 4 is 0 Å². The molecule has 0 saturated heterocycles. The van der Waals surface area contributed by atoms with Crippen LogP contribution < -0.4 is 9.47 Å². The van der Waals surface area contributed by atoms with Gasteiger partial charge in [-0.3, -0.25) is 0 Å². The number of ether oxygens (including phenoxy) is 2. The summed E-state index contributed by atoms with van der Waals surface area (Å²) < 4.78 is 10.6. The molecule has 0 radical (unpaired) electrons. The second kappa shape index (κ2) is 7.19. The molecule has 0 heterocycles. The number of benzene rings is 2. The Labute approximate surface area is 138 Å². The number of methoxy groups -OCH3 is 2. The zero-order chi connectivity index (χ0) is 17.0. The number of hydrogen-bond donors (Lipinski definition) is 0. The monoisotopic (exact) mass is 309 g/mol. The fourth-order valence-electron chi connectivity index (χ4n) is 3.04. The quantitative estimate of drug-likeness (QED) is 0.818. The molecule has 0 aliphatic rings. The van der Waals surface area contributed by atoms with Crippen LogP contribution in [0.1, 0.15) is 33.7 Å². The van der Waals surface area contributed by atoms with Gasteiger partial charge in [0, 0.05) is 0 Å². The maximum absolute atomic E-state index is 9.65. The van der Waals surface area contributed by atoms with Gasteiger partial charge in [-0.25, -0.2) is 0 Å².